The summed E-state index contributed by atoms with van der Waals surface area (Å²) in [7, 11) is 0. The molecule has 7 nitrogen and oxygen atoms in total. The molecule has 0 saturated heterocycles. The maximum atomic E-state index is 5.35. The van der Waals surface area contributed by atoms with E-state index in [1.54, 1.807) is 0 Å². The van der Waals surface area contributed by atoms with Crippen LogP contribution in [0.2, 0.25) is 0 Å². The molecular formula is C11H22N6O. The Morgan fingerprint density at radius 2 is 2.00 bits per heavy atom. The largest absolute Gasteiger partial charge is 0.464 e. The van der Waals surface area contributed by atoms with Crippen LogP contribution in [0.25, 0.3) is 0 Å². The average Bonchev–Trinajstić information content (AvgIpc) is 2.35. The highest BCUT2D eigenvalue weighted by atomic mass is 16.5. The Bertz CT molecular complexity index is 371. The Kier molecular flexibility index (Phi) is 5.57. The quantitative estimate of drug-likeness (QED) is 0.555. The van der Waals surface area contributed by atoms with Gasteiger partial charge in [0.1, 0.15) is 0 Å². The molecule has 0 aliphatic carbocycles. The monoisotopic (exact) mass is 254 g/mol. The van der Waals surface area contributed by atoms with Crippen molar-refractivity contribution in [2.75, 3.05) is 30.0 Å². The van der Waals surface area contributed by atoms with Crippen molar-refractivity contribution in [1.29, 1.82) is 0 Å². The topological polar surface area (TPSA) is 89.2 Å². The smallest absolute Gasteiger partial charge is 0.323 e. The van der Waals surface area contributed by atoms with Crippen LogP contribution in [0.15, 0.2) is 0 Å². The molecule has 0 aliphatic heterocycles. The van der Waals surface area contributed by atoms with E-state index in [4.69, 9.17) is 10.6 Å². The van der Waals surface area contributed by atoms with E-state index in [1.165, 1.54) is 0 Å². The van der Waals surface area contributed by atoms with Gasteiger partial charge in [-0.2, -0.15) is 15.0 Å². The Morgan fingerprint density at radius 1 is 1.28 bits per heavy atom. The number of nitrogen functional groups attached to an aromatic ring is 1. The fourth-order valence-corrected chi connectivity index (χ4v) is 1.54. The summed E-state index contributed by atoms with van der Waals surface area (Å²) in [5.74, 6) is 6.76. The molecule has 18 heavy (non-hydrogen) atoms. The molecule has 0 amide bonds. The summed E-state index contributed by atoms with van der Waals surface area (Å²) >= 11 is 0. The molecule has 102 valence electrons. The molecule has 1 heterocycles. The second-order valence-corrected chi connectivity index (χ2v) is 4.25. The predicted octanol–water partition coefficient (Wildman–Crippen LogP) is 1.04. The lowest BCUT2D eigenvalue weighted by molar-refractivity contribution is 0.312. The molecule has 0 bridgehead atoms. The van der Waals surface area contributed by atoms with Crippen molar-refractivity contribution in [3.63, 3.8) is 0 Å². The summed E-state index contributed by atoms with van der Waals surface area (Å²) in [5.41, 5.74) is 2.43. The first-order valence-corrected chi connectivity index (χ1v) is 6.21. The van der Waals surface area contributed by atoms with Gasteiger partial charge in [0.05, 0.1) is 6.61 Å². The summed E-state index contributed by atoms with van der Waals surface area (Å²) in [6.45, 7) is 10.4. The SMILES string of the molecule is CCOc1nc(NN)nc(N(CC)CC(C)C)n1. The molecule has 1 rings (SSSR count). The number of rotatable bonds is 7. The molecule has 0 unspecified atom stereocenters. The van der Waals surface area contributed by atoms with Crippen LogP contribution in [0.4, 0.5) is 11.9 Å². The van der Waals surface area contributed by atoms with Crippen LogP contribution in [-0.2, 0) is 0 Å². The summed E-state index contributed by atoms with van der Waals surface area (Å²) in [6, 6.07) is 0.289. The minimum absolute atomic E-state index is 0.289. The summed E-state index contributed by atoms with van der Waals surface area (Å²) in [5, 5.41) is 0. The van der Waals surface area contributed by atoms with Crippen LogP contribution in [0.5, 0.6) is 6.01 Å². The van der Waals surface area contributed by atoms with E-state index in [1.807, 2.05) is 6.92 Å². The second-order valence-electron chi connectivity index (χ2n) is 4.25. The number of nitrogens with one attached hydrogen (secondary N) is 1. The van der Waals surface area contributed by atoms with E-state index >= 15 is 0 Å². The Morgan fingerprint density at radius 3 is 2.50 bits per heavy atom. The average molecular weight is 254 g/mol. The number of nitrogens with zero attached hydrogens (tertiary/aromatic N) is 4. The van der Waals surface area contributed by atoms with Gasteiger partial charge in [0.2, 0.25) is 11.9 Å². The number of hydrogen-bond acceptors (Lipinski definition) is 7. The molecular weight excluding hydrogens is 232 g/mol. The minimum Gasteiger partial charge on any atom is -0.464 e. The third kappa shape index (κ3) is 3.99. The zero-order valence-corrected chi connectivity index (χ0v) is 11.5. The van der Waals surface area contributed by atoms with Crippen molar-refractivity contribution in [2.24, 2.45) is 11.8 Å². The van der Waals surface area contributed by atoms with Crippen molar-refractivity contribution in [1.82, 2.24) is 15.0 Å². The van der Waals surface area contributed by atoms with Gasteiger partial charge in [-0.05, 0) is 19.8 Å². The van der Waals surface area contributed by atoms with E-state index in [0.29, 0.717) is 24.4 Å². The number of nitrogens with two attached hydrogens (primary N) is 1. The summed E-state index contributed by atoms with van der Waals surface area (Å²) < 4.78 is 5.30. The molecule has 0 fully saturated rings. The van der Waals surface area contributed by atoms with Gasteiger partial charge in [-0.1, -0.05) is 13.8 Å². The highest BCUT2D eigenvalue weighted by Gasteiger charge is 2.13. The molecule has 3 N–H and O–H groups in total. The zero-order chi connectivity index (χ0) is 13.5. The van der Waals surface area contributed by atoms with Crippen molar-refractivity contribution >= 4 is 11.9 Å². The fourth-order valence-electron chi connectivity index (χ4n) is 1.54. The van der Waals surface area contributed by atoms with Crippen LogP contribution in [0, 0.1) is 5.92 Å². The minimum atomic E-state index is 0.289. The predicted molar refractivity (Wildman–Crippen MR) is 71.5 cm³/mol. The van der Waals surface area contributed by atoms with Crippen LogP contribution in [0.3, 0.4) is 0 Å². The van der Waals surface area contributed by atoms with Gasteiger partial charge in [-0.15, -0.1) is 0 Å². The van der Waals surface area contributed by atoms with E-state index in [2.05, 4.69) is 46.0 Å². The zero-order valence-electron chi connectivity index (χ0n) is 11.5. The van der Waals surface area contributed by atoms with Crippen LogP contribution in [0.1, 0.15) is 27.7 Å². The van der Waals surface area contributed by atoms with Crippen LogP contribution in [-0.4, -0.2) is 34.6 Å². The van der Waals surface area contributed by atoms with Crippen molar-refractivity contribution in [2.45, 2.75) is 27.7 Å². The molecule has 0 atom stereocenters. The van der Waals surface area contributed by atoms with Gasteiger partial charge in [0, 0.05) is 13.1 Å². The normalized spacial score (nSPS) is 10.6. The lowest BCUT2D eigenvalue weighted by atomic mass is 10.2. The van der Waals surface area contributed by atoms with Gasteiger partial charge >= 0.3 is 6.01 Å². The van der Waals surface area contributed by atoms with Crippen molar-refractivity contribution < 1.29 is 4.74 Å². The molecule has 1 aromatic heterocycles. The Balaban J connectivity index is 3.00. The van der Waals surface area contributed by atoms with Crippen LogP contribution < -0.4 is 20.9 Å². The first-order chi connectivity index (χ1) is 8.60. The number of ether oxygens (including phenoxy) is 1. The summed E-state index contributed by atoms with van der Waals surface area (Å²) in [6.07, 6.45) is 0. The molecule has 0 saturated carbocycles. The number of hydrazine groups is 1. The van der Waals surface area contributed by atoms with Gasteiger partial charge in [-0.3, -0.25) is 5.43 Å². The molecule has 0 radical (unpaired) electrons. The van der Waals surface area contributed by atoms with Gasteiger partial charge in [-0.25, -0.2) is 5.84 Å². The van der Waals surface area contributed by atoms with E-state index < -0.39 is 0 Å². The van der Waals surface area contributed by atoms with Crippen molar-refractivity contribution in [3.05, 3.63) is 0 Å². The Labute approximate surface area is 108 Å². The third-order valence-electron chi connectivity index (χ3n) is 2.26. The van der Waals surface area contributed by atoms with Gasteiger partial charge in [0.25, 0.3) is 0 Å². The Hall–Kier alpha value is -1.63. The molecule has 0 aliphatic rings. The first-order valence-electron chi connectivity index (χ1n) is 6.21. The third-order valence-corrected chi connectivity index (χ3v) is 2.26. The first kappa shape index (κ1) is 14.4. The molecule has 1 aromatic rings. The highest BCUT2D eigenvalue weighted by Crippen LogP contribution is 2.15. The molecule has 7 heteroatoms. The molecule has 0 aromatic carbocycles. The van der Waals surface area contributed by atoms with Gasteiger partial charge in [0.15, 0.2) is 0 Å². The lowest BCUT2D eigenvalue weighted by Gasteiger charge is -2.23. The number of aromatic nitrogens is 3. The maximum absolute atomic E-state index is 5.35. The van der Waals surface area contributed by atoms with E-state index in [-0.39, 0.29) is 6.01 Å². The summed E-state index contributed by atoms with van der Waals surface area (Å²) in [4.78, 5) is 14.6. The van der Waals surface area contributed by atoms with Crippen LogP contribution >= 0.6 is 0 Å². The fraction of sp³-hybridized carbons (Fsp3) is 0.727. The highest BCUT2D eigenvalue weighted by molar-refractivity contribution is 5.37. The van der Waals surface area contributed by atoms with Crippen molar-refractivity contribution in [3.8, 4) is 6.01 Å². The maximum Gasteiger partial charge on any atom is 0.323 e. The molecule has 0 spiro atoms. The number of anilines is 2. The lowest BCUT2D eigenvalue weighted by Crippen LogP contribution is -2.29. The van der Waals surface area contributed by atoms with E-state index in [9.17, 15) is 0 Å². The standard InChI is InChI=1S/C11H22N6O/c1-5-17(7-8(3)4)10-13-9(16-12)14-11(15-10)18-6-2/h8H,5-7,12H2,1-4H3,(H,13,14,15,16). The second kappa shape index (κ2) is 6.95. The van der Waals surface area contributed by atoms with Gasteiger partial charge < -0.3 is 9.64 Å². The number of hydrogen-bond donors (Lipinski definition) is 2. The van der Waals surface area contributed by atoms with E-state index in [0.717, 1.165) is 13.1 Å².